The predicted octanol–water partition coefficient (Wildman–Crippen LogP) is 3.36. The third kappa shape index (κ3) is 2.75. The first-order valence-electron chi connectivity index (χ1n) is 6.01. The number of ether oxygens (including phenoxy) is 1. The van der Waals surface area contributed by atoms with E-state index in [1.165, 1.54) is 0 Å². The van der Waals surface area contributed by atoms with E-state index in [0.717, 1.165) is 21.5 Å². The van der Waals surface area contributed by atoms with Gasteiger partial charge in [0.25, 0.3) is 0 Å². The van der Waals surface area contributed by atoms with Crippen molar-refractivity contribution in [1.82, 2.24) is 14.8 Å². The summed E-state index contributed by atoms with van der Waals surface area (Å²) < 4.78 is 13.4. The second kappa shape index (κ2) is 5.50. The summed E-state index contributed by atoms with van der Waals surface area (Å²) in [7, 11) is 1.64. The lowest BCUT2D eigenvalue weighted by Gasteiger charge is -1.99. The molecule has 0 bridgehead atoms. The van der Waals surface area contributed by atoms with Crippen LogP contribution in [0, 0.1) is 0 Å². The van der Waals surface area contributed by atoms with E-state index in [1.54, 1.807) is 24.3 Å². The van der Waals surface area contributed by atoms with Crippen LogP contribution >= 0.6 is 15.9 Å². The molecule has 0 amide bonds. The Bertz CT molecular complexity index is 703. The highest BCUT2D eigenvalue weighted by Crippen LogP contribution is 2.22. The first-order chi connectivity index (χ1) is 9.74. The summed E-state index contributed by atoms with van der Waals surface area (Å²) in [5, 5.41) is 4.19. The maximum Gasteiger partial charge on any atom is 0.226 e. The lowest BCUT2D eigenvalue weighted by atomic mass is 10.2. The number of aromatic nitrogens is 3. The molecule has 5 nitrogen and oxygen atoms in total. The van der Waals surface area contributed by atoms with Crippen molar-refractivity contribution >= 4 is 15.9 Å². The SMILES string of the molecule is COc1ccc(-c2nc(Cn3cc(Br)cn3)co2)cc1. The summed E-state index contributed by atoms with van der Waals surface area (Å²) in [5.41, 5.74) is 1.74. The van der Waals surface area contributed by atoms with Gasteiger partial charge in [0.05, 0.1) is 24.3 Å². The minimum Gasteiger partial charge on any atom is -0.497 e. The van der Waals surface area contributed by atoms with Crippen LogP contribution in [0.15, 0.2) is 51.8 Å². The van der Waals surface area contributed by atoms with E-state index >= 15 is 0 Å². The van der Waals surface area contributed by atoms with Crippen molar-refractivity contribution in [3.05, 3.63) is 53.1 Å². The smallest absolute Gasteiger partial charge is 0.226 e. The molecule has 3 rings (SSSR count). The summed E-state index contributed by atoms with van der Waals surface area (Å²) >= 11 is 3.36. The molecule has 0 spiro atoms. The first kappa shape index (κ1) is 12.9. The second-order valence-corrected chi connectivity index (χ2v) is 5.14. The zero-order valence-electron chi connectivity index (χ0n) is 10.8. The number of hydrogen-bond acceptors (Lipinski definition) is 4. The molecular weight excluding hydrogens is 322 g/mol. The average Bonchev–Trinajstić information content (AvgIpc) is 3.09. The van der Waals surface area contributed by atoms with E-state index in [4.69, 9.17) is 9.15 Å². The van der Waals surface area contributed by atoms with Gasteiger partial charge < -0.3 is 9.15 Å². The summed E-state index contributed by atoms with van der Waals surface area (Å²) in [6.07, 6.45) is 5.28. The van der Waals surface area contributed by atoms with Crippen LogP contribution < -0.4 is 4.74 Å². The molecule has 2 heterocycles. The molecule has 0 fully saturated rings. The van der Waals surface area contributed by atoms with Gasteiger partial charge in [-0.2, -0.15) is 5.10 Å². The van der Waals surface area contributed by atoms with Crippen molar-refractivity contribution < 1.29 is 9.15 Å². The van der Waals surface area contributed by atoms with Crippen LogP contribution in [0.2, 0.25) is 0 Å². The van der Waals surface area contributed by atoms with Crippen molar-refractivity contribution in [2.24, 2.45) is 0 Å². The fraction of sp³-hybridized carbons (Fsp3) is 0.143. The Balaban J connectivity index is 1.78. The molecule has 0 saturated carbocycles. The van der Waals surface area contributed by atoms with E-state index in [9.17, 15) is 0 Å². The third-order valence-electron chi connectivity index (χ3n) is 2.81. The van der Waals surface area contributed by atoms with Gasteiger partial charge in [-0.3, -0.25) is 4.68 Å². The van der Waals surface area contributed by atoms with Gasteiger partial charge in [-0.15, -0.1) is 0 Å². The molecule has 0 aliphatic heterocycles. The number of oxazole rings is 1. The topological polar surface area (TPSA) is 53.1 Å². The Morgan fingerprint density at radius 2 is 2.10 bits per heavy atom. The molecule has 0 radical (unpaired) electrons. The molecule has 20 heavy (non-hydrogen) atoms. The molecule has 2 aromatic heterocycles. The van der Waals surface area contributed by atoms with E-state index in [1.807, 2.05) is 30.5 Å². The zero-order valence-corrected chi connectivity index (χ0v) is 12.4. The summed E-state index contributed by atoms with van der Waals surface area (Å²) in [4.78, 5) is 4.46. The van der Waals surface area contributed by atoms with Gasteiger partial charge in [-0.1, -0.05) is 0 Å². The van der Waals surface area contributed by atoms with Crippen molar-refractivity contribution in [3.8, 4) is 17.2 Å². The lowest BCUT2D eigenvalue weighted by molar-refractivity contribution is 0.415. The summed E-state index contributed by atoms with van der Waals surface area (Å²) in [5.74, 6) is 1.40. The molecular formula is C14H12BrN3O2. The standard InChI is InChI=1S/C14H12BrN3O2/c1-19-13-4-2-10(3-5-13)14-17-12(9-20-14)8-18-7-11(15)6-16-18/h2-7,9H,8H2,1H3. The highest BCUT2D eigenvalue weighted by Gasteiger charge is 2.08. The predicted molar refractivity (Wildman–Crippen MR) is 77.5 cm³/mol. The second-order valence-electron chi connectivity index (χ2n) is 4.23. The van der Waals surface area contributed by atoms with E-state index in [2.05, 4.69) is 26.0 Å². The van der Waals surface area contributed by atoms with Crippen molar-refractivity contribution in [3.63, 3.8) is 0 Å². The average molecular weight is 334 g/mol. The van der Waals surface area contributed by atoms with Crippen LogP contribution in [-0.4, -0.2) is 21.9 Å². The van der Waals surface area contributed by atoms with Gasteiger partial charge >= 0.3 is 0 Å². The number of methoxy groups -OCH3 is 1. The Morgan fingerprint density at radius 3 is 2.75 bits per heavy atom. The van der Waals surface area contributed by atoms with E-state index in [0.29, 0.717) is 12.4 Å². The highest BCUT2D eigenvalue weighted by atomic mass is 79.9. The molecule has 102 valence electrons. The van der Waals surface area contributed by atoms with Crippen LogP contribution in [-0.2, 0) is 6.54 Å². The van der Waals surface area contributed by atoms with Crippen LogP contribution in [0.4, 0.5) is 0 Å². The zero-order chi connectivity index (χ0) is 13.9. The Labute approximate surface area is 124 Å². The molecule has 6 heteroatoms. The van der Waals surface area contributed by atoms with Crippen molar-refractivity contribution in [2.75, 3.05) is 7.11 Å². The summed E-state index contributed by atoms with van der Waals surface area (Å²) in [6.45, 7) is 0.575. The summed E-state index contributed by atoms with van der Waals surface area (Å²) in [6, 6.07) is 7.59. The number of nitrogens with zero attached hydrogens (tertiary/aromatic N) is 3. The fourth-order valence-corrected chi connectivity index (χ4v) is 2.16. The Kier molecular flexibility index (Phi) is 3.56. The third-order valence-corrected chi connectivity index (χ3v) is 3.22. The van der Waals surface area contributed by atoms with Gasteiger partial charge in [0.2, 0.25) is 5.89 Å². The molecule has 0 aliphatic carbocycles. The minimum atomic E-state index is 0.575. The first-order valence-corrected chi connectivity index (χ1v) is 6.80. The van der Waals surface area contributed by atoms with E-state index in [-0.39, 0.29) is 0 Å². The van der Waals surface area contributed by atoms with Crippen molar-refractivity contribution in [1.29, 1.82) is 0 Å². The van der Waals surface area contributed by atoms with Gasteiger partial charge in [-0.05, 0) is 40.2 Å². The van der Waals surface area contributed by atoms with E-state index < -0.39 is 0 Å². The molecule has 0 atom stereocenters. The van der Waals surface area contributed by atoms with Gasteiger partial charge in [0.15, 0.2) is 0 Å². The minimum absolute atomic E-state index is 0.575. The van der Waals surface area contributed by atoms with Gasteiger partial charge in [-0.25, -0.2) is 4.98 Å². The maximum absolute atomic E-state index is 5.50. The van der Waals surface area contributed by atoms with Crippen LogP contribution in [0.1, 0.15) is 5.69 Å². The van der Waals surface area contributed by atoms with Crippen LogP contribution in [0.5, 0.6) is 5.75 Å². The number of hydrogen-bond donors (Lipinski definition) is 0. The van der Waals surface area contributed by atoms with Crippen LogP contribution in [0.3, 0.4) is 0 Å². The Hall–Kier alpha value is -2.08. The molecule has 0 unspecified atom stereocenters. The quantitative estimate of drug-likeness (QED) is 0.734. The normalized spacial score (nSPS) is 10.7. The molecule has 1 aromatic carbocycles. The fourth-order valence-electron chi connectivity index (χ4n) is 1.84. The largest absolute Gasteiger partial charge is 0.497 e. The number of rotatable bonds is 4. The number of benzene rings is 1. The van der Waals surface area contributed by atoms with Gasteiger partial charge in [0.1, 0.15) is 17.7 Å². The molecule has 0 N–H and O–H groups in total. The molecule has 3 aromatic rings. The van der Waals surface area contributed by atoms with Crippen molar-refractivity contribution in [2.45, 2.75) is 6.54 Å². The lowest BCUT2D eigenvalue weighted by Crippen LogP contribution is -1.99. The number of halogens is 1. The monoisotopic (exact) mass is 333 g/mol. The van der Waals surface area contributed by atoms with Crippen LogP contribution in [0.25, 0.3) is 11.5 Å². The van der Waals surface area contributed by atoms with Gasteiger partial charge in [0, 0.05) is 11.8 Å². The highest BCUT2D eigenvalue weighted by molar-refractivity contribution is 9.10. The molecule has 0 saturated heterocycles. The maximum atomic E-state index is 5.50. The Morgan fingerprint density at radius 1 is 1.30 bits per heavy atom. The molecule has 0 aliphatic rings.